The van der Waals surface area contributed by atoms with Crippen LogP contribution in [0.1, 0.15) is 24.1 Å². The Kier molecular flexibility index (Phi) is 5.21. The van der Waals surface area contributed by atoms with Gasteiger partial charge in [0.2, 0.25) is 0 Å². The molecule has 0 spiro atoms. The number of hydrogen-bond acceptors (Lipinski definition) is 2. The Labute approximate surface area is 130 Å². The average molecular weight is 307 g/mol. The van der Waals surface area contributed by atoms with Crippen molar-refractivity contribution >= 4 is 17.3 Å². The Hall–Kier alpha value is -1.58. The van der Waals surface area contributed by atoms with E-state index in [1.54, 1.807) is 12.1 Å². The van der Waals surface area contributed by atoms with Crippen LogP contribution < -0.4 is 10.2 Å². The predicted molar refractivity (Wildman–Crippen MR) is 87.4 cm³/mol. The number of anilines is 1. The molecule has 2 aromatic carbocycles. The number of rotatable bonds is 5. The minimum absolute atomic E-state index is 0.0583. The lowest BCUT2D eigenvalue weighted by Gasteiger charge is -2.28. The Morgan fingerprint density at radius 2 is 1.95 bits per heavy atom. The second kappa shape index (κ2) is 6.92. The maximum absolute atomic E-state index is 13.8. The maximum Gasteiger partial charge on any atom is 0.125 e. The van der Waals surface area contributed by atoms with Gasteiger partial charge < -0.3 is 10.2 Å². The summed E-state index contributed by atoms with van der Waals surface area (Å²) in [6, 6.07) is 12.9. The minimum atomic E-state index is -0.226. The van der Waals surface area contributed by atoms with E-state index in [0.29, 0.717) is 6.54 Å². The first-order valence-corrected chi connectivity index (χ1v) is 7.32. The molecule has 0 aliphatic heterocycles. The number of nitrogens with one attached hydrogen (secondary N) is 1. The lowest BCUT2D eigenvalue weighted by atomic mass is 10.1. The molecule has 0 bridgehead atoms. The van der Waals surface area contributed by atoms with Gasteiger partial charge in [0.05, 0.1) is 6.04 Å². The van der Waals surface area contributed by atoms with Gasteiger partial charge >= 0.3 is 0 Å². The number of nitrogens with zero attached hydrogens (tertiary/aromatic N) is 1. The van der Waals surface area contributed by atoms with Gasteiger partial charge in [-0.1, -0.05) is 29.8 Å². The first-order chi connectivity index (χ1) is 10.0. The van der Waals surface area contributed by atoms with Gasteiger partial charge in [-0.3, -0.25) is 0 Å². The summed E-state index contributed by atoms with van der Waals surface area (Å²) in [5, 5.41) is 3.77. The molecule has 0 saturated carbocycles. The number of benzene rings is 2. The van der Waals surface area contributed by atoms with Gasteiger partial charge in [0.1, 0.15) is 5.82 Å². The van der Waals surface area contributed by atoms with Crippen molar-refractivity contribution in [2.75, 3.05) is 19.0 Å². The summed E-state index contributed by atoms with van der Waals surface area (Å²) in [5.74, 6) is -0.226. The van der Waals surface area contributed by atoms with Crippen molar-refractivity contribution in [3.63, 3.8) is 0 Å². The molecule has 2 aromatic rings. The van der Waals surface area contributed by atoms with Crippen molar-refractivity contribution in [1.29, 1.82) is 0 Å². The third-order valence-corrected chi connectivity index (χ3v) is 4.01. The highest BCUT2D eigenvalue weighted by Gasteiger charge is 2.16. The largest absolute Gasteiger partial charge is 0.368 e. The second-order valence-corrected chi connectivity index (χ2v) is 5.56. The predicted octanol–water partition coefficient (Wildman–Crippen LogP) is 4.40. The molecule has 0 heterocycles. The molecule has 1 unspecified atom stereocenters. The highest BCUT2D eigenvalue weighted by atomic mass is 35.5. The van der Waals surface area contributed by atoms with Crippen molar-refractivity contribution in [3.05, 3.63) is 64.4 Å². The summed E-state index contributed by atoms with van der Waals surface area (Å²) in [7, 11) is 3.80. The van der Waals surface area contributed by atoms with Crippen LogP contribution in [0.3, 0.4) is 0 Å². The molecule has 0 radical (unpaired) electrons. The molecule has 4 heteroatoms. The van der Waals surface area contributed by atoms with E-state index in [2.05, 4.69) is 12.2 Å². The van der Waals surface area contributed by atoms with Crippen molar-refractivity contribution in [1.82, 2.24) is 5.32 Å². The molecule has 1 N–H and O–H groups in total. The Bertz CT molecular complexity index is 615. The van der Waals surface area contributed by atoms with Crippen molar-refractivity contribution < 1.29 is 4.39 Å². The van der Waals surface area contributed by atoms with Crippen LogP contribution in [0.15, 0.2) is 42.5 Å². The first kappa shape index (κ1) is 15.8. The standard InChI is InChI=1S/C17H20ClFN2/c1-12(16-6-4-5-7-17(16)18)21(3)15-9-13(11-20-2)8-14(19)10-15/h4-10,12,20H,11H2,1-3H3. The van der Waals surface area contributed by atoms with Gasteiger partial charge in [0.15, 0.2) is 0 Å². The normalized spacial score (nSPS) is 12.2. The zero-order chi connectivity index (χ0) is 15.4. The van der Waals surface area contributed by atoms with E-state index in [1.165, 1.54) is 0 Å². The molecular weight excluding hydrogens is 287 g/mol. The number of halogens is 2. The van der Waals surface area contributed by atoms with Crippen molar-refractivity contribution in [2.24, 2.45) is 0 Å². The second-order valence-electron chi connectivity index (χ2n) is 5.16. The smallest absolute Gasteiger partial charge is 0.125 e. The summed E-state index contributed by atoms with van der Waals surface area (Å²) >= 11 is 6.25. The van der Waals surface area contributed by atoms with Gasteiger partial charge in [-0.15, -0.1) is 0 Å². The van der Waals surface area contributed by atoms with Crippen LogP contribution in [0.25, 0.3) is 0 Å². The lowest BCUT2D eigenvalue weighted by molar-refractivity contribution is 0.621. The first-order valence-electron chi connectivity index (χ1n) is 6.94. The molecule has 0 fully saturated rings. The zero-order valence-corrected chi connectivity index (χ0v) is 13.3. The Balaban J connectivity index is 2.31. The van der Waals surface area contributed by atoms with Gasteiger partial charge in [-0.05, 0) is 49.4 Å². The van der Waals surface area contributed by atoms with Crippen molar-refractivity contribution in [2.45, 2.75) is 19.5 Å². The van der Waals surface area contributed by atoms with Gasteiger partial charge in [-0.2, -0.15) is 0 Å². The quantitative estimate of drug-likeness (QED) is 0.881. The fourth-order valence-electron chi connectivity index (χ4n) is 2.39. The molecule has 21 heavy (non-hydrogen) atoms. The van der Waals surface area contributed by atoms with Crippen molar-refractivity contribution in [3.8, 4) is 0 Å². The average Bonchev–Trinajstić information content (AvgIpc) is 2.46. The van der Waals surface area contributed by atoms with Crippen LogP contribution in [0, 0.1) is 5.82 Å². The monoisotopic (exact) mass is 306 g/mol. The van der Waals surface area contributed by atoms with Crippen LogP contribution in [0.4, 0.5) is 10.1 Å². The molecule has 2 rings (SSSR count). The van der Waals surface area contributed by atoms with E-state index in [9.17, 15) is 4.39 Å². The van der Waals surface area contributed by atoms with E-state index >= 15 is 0 Å². The summed E-state index contributed by atoms with van der Waals surface area (Å²) < 4.78 is 13.8. The topological polar surface area (TPSA) is 15.3 Å². The summed E-state index contributed by atoms with van der Waals surface area (Å²) in [6.07, 6.45) is 0. The fourth-order valence-corrected chi connectivity index (χ4v) is 2.68. The zero-order valence-electron chi connectivity index (χ0n) is 12.5. The maximum atomic E-state index is 13.8. The Morgan fingerprint density at radius 3 is 2.62 bits per heavy atom. The highest BCUT2D eigenvalue weighted by Crippen LogP contribution is 2.30. The van der Waals surface area contributed by atoms with Crippen LogP contribution in [0.5, 0.6) is 0 Å². The molecule has 0 aromatic heterocycles. The highest BCUT2D eigenvalue weighted by molar-refractivity contribution is 6.31. The van der Waals surface area contributed by atoms with E-state index in [1.807, 2.05) is 49.3 Å². The molecule has 2 nitrogen and oxygen atoms in total. The summed E-state index contributed by atoms with van der Waals surface area (Å²) in [4.78, 5) is 2.03. The van der Waals surface area contributed by atoms with Gasteiger partial charge in [0.25, 0.3) is 0 Å². The molecule has 0 aliphatic carbocycles. The molecule has 112 valence electrons. The van der Waals surface area contributed by atoms with Gasteiger partial charge in [0, 0.05) is 24.3 Å². The van der Waals surface area contributed by atoms with Crippen LogP contribution in [0.2, 0.25) is 5.02 Å². The Morgan fingerprint density at radius 1 is 1.24 bits per heavy atom. The summed E-state index contributed by atoms with van der Waals surface area (Å²) in [6.45, 7) is 2.70. The third kappa shape index (κ3) is 3.74. The molecule has 0 aliphatic rings. The van der Waals surface area contributed by atoms with Crippen LogP contribution >= 0.6 is 11.6 Å². The summed E-state index contributed by atoms with van der Waals surface area (Å²) in [5.41, 5.74) is 2.79. The lowest BCUT2D eigenvalue weighted by Crippen LogP contribution is -2.22. The molecular formula is C17H20ClFN2. The number of hydrogen-bond donors (Lipinski definition) is 1. The molecule has 0 saturated heterocycles. The fraction of sp³-hybridized carbons (Fsp3) is 0.294. The van der Waals surface area contributed by atoms with E-state index in [4.69, 9.17) is 11.6 Å². The third-order valence-electron chi connectivity index (χ3n) is 3.67. The van der Waals surface area contributed by atoms with Gasteiger partial charge in [-0.25, -0.2) is 4.39 Å². The van der Waals surface area contributed by atoms with E-state index in [-0.39, 0.29) is 11.9 Å². The molecule has 1 atom stereocenters. The van der Waals surface area contributed by atoms with Crippen LogP contribution in [-0.2, 0) is 6.54 Å². The van der Waals surface area contributed by atoms with E-state index < -0.39 is 0 Å². The van der Waals surface area contributed by atoms with E-state index in [0.717, 1.165) is 21.8 Å². The minimum Gasteiger partial charge on any atom is -0.368 e. The molecule has 0 amide bonds. The van der Waals surface area contributed by atoms with Crippen LogP contribution in [-0.4, -0.2) is 14.1 Å². The SMILES string of the molecule is CNCc1cc(F)cc(N(C)C(C)c2ccccc2Cl)c1.